The highest BCUT2D eigenvalue weighted by atomic mass is 35.5. The molecule has 1 heterocycles. The molecule has 11 heteroatoms. The number of nitrogens with zero attached hydrogens (tertiary/aromatic N) is 3. The van der Waals surface area contributed by atoms with Crippen LogP contribution in [-0.4, -0.2) is 59.3 Å². The van der Waals surface area contributed by atoms with Gasteiger partial charge < -0.3 is 15.5 Å². The van der Waals surface area contributed by atoms with Crippen LogP contribution in [0.15, 0.2) is 70.1 Å². The van der Waals surface area contributed by atoms with E-state index in [1.807, 2.05) is 19.0 Å². The van der Waals surface area contributed by atoms with Crippen molar-refractivity contribution in [3.8, 4) is 0 Å². The van der Waals surface area contributed by atoms with Crippen molar-refractivity contribution in [3.05, 3.63) is 82.0 Å². The maximum absolute atomic E-state index is 12.9. The number of carbonyl (C=O) groups excluding carboxylic acids is 2. The number of hydrogen-bond donors (Lipinski definition) is 2. The third-order valence-corrected chi connectivity index (χ3v) is 7.16. The molecule has 2 N–H and O–H groups in total. The lowest BCUT2D eigenvalue weighted by Crippen LogP contribution is -2.19. The quantitative estimate of drug-likeness (QED) is 0.428. The summed E-state index contributed by atoms with van der Waals surface area (Å²) in [6, 6.07) is 14.1. The second-order valence-electron chi connectivity index (χ2n) is 7.94. The van der Waals surface area contributed by atoms with E-state index in [0.717, 1.165) is 0 Å². The van der Waals surface area contributed by atoms with Crippen LogP contribution in [0, 0.1) is 0 Å². The first-order chi connectivity index (χ1) is 16.5. The van der Waals surface area contributed by atoms with Gasteiger partial charge in [0.1, 0.15) is 5.82 Å². The second-order valence-corrected chi connectivity index (χ2v) is 11.2. The lowest BCUT2D eigenvalue weighted by atomic mass is 10.1. The van der Waals surface area contributed by atoms with Gasteiger partial charge in [-0.2, -0.15) is 0 Å². The third kappa shape index (κ3) is 7.50. The Labute approximate surface area is 214 Å². The van der Waals surface area contributed by atoms with Gasteiger partial charge in [0.15, 0.2) is 0 Å². The molecule has 0 aliphatic rings. The topological polar surface area (TPSA) is 104 Å². The number of likely N-dealkylation sites (N-methyl/N-ethyl adjacent to an activating group) is 1. The Morgan fingerprint density at radius 2 is 1.66 bits per heavy atom. The molecule has 0 fully saturated rings. The average Bonchev–Trinajstić information content (AvgIpc) is 2.81. The summed E-state index contributed by atoms with van der Waals surface area (Å²) >= 11 is 11.9. The van der Waals surface area contributed by atoms with E-state index in [4.69, 9.17) is 23.2 Å². The van der Waals surface area contributed by atoms with Crippen molar-refractivity contribution in [1.82, 2.24) is 9.88 Å². The molecule has 35 heavy (non-hydrogen) atoms. The highest BCUT2D eigenvalue weighted by Crippen LogP contribution is 2.23. The molecule has 8 nitrogen and oxygen atoms in total. The van der Waals surface area contributed by atoms with E-state index in [2.05, 4.69) is 20.0 Å². The van der Waals surface area contributed by atoms with E-state index in [0.29, 0.717) is 39.4 Å². The molecule has 184 valence electrons. The van der Waals surface area contributed by atoms with Crippen molar-refractivity contribution in [2.24, 2.45) is 4.36 Å². The van der Waals surface area contributed by atoms with Crippen LogP contribution in [0.5, 0.6) is 0 Å². The number of halogens is 2. The van der Waals surface area contributed by atoms with Crippen molar-refractivity contribution < 1.29 is 13.8 Å². The molecule has 2 amide bonds. The molecule has 0 spiro atoms. The maximum Gasteiger partial charge on any atom is 0.258 e. The third-order valence-electron chi connectivity index (χ3n) is 4.88. The molecule has 2 aromatic carbocycles. The number of nitrogens with one attached hydrogen (secondary N) is 2. The molecule has 0 saturated heterocycles. The van der Waals surface area contributed by atoms with Gasteiger partial charge in [-0.1, -0.05) is 23.2 Å². The molecule has 3 aromatic rings. The standard InChI is InChI=1S/C24H25Cl2N5O3S/c1-31(2)13-12-28-35(3,34)19-8-4-16(5-9-19)23(32)29-21-10-6-17(25)14-20(21)24(33)30-22-11-7-18(26)15-27-22/h4-11,14-15H,12-13H2,1-3H3,(H,29,32)(H,27,30,33). The van der Waals surface area contributed by atoms with Crippen LogP contribution in [0.2, 0.25) is 10.0 Å². The second kappa shape index (κ2) is 11.6. The predicted octanol–water partition coefficient (Wildman–Crippen LogP) is 4.91. The van der Waals surface area contributed by atoms with Crippen molar-refractivity contribution in [2.45, 2.75) is 4.90 Å². The normalized spacial score (nSPS) is 12.6. The van der Waals surface area contributed by atoms with Crippen LogP contribution in [0.4, 0.5) is 11.5 Å². The van der Waals surface area contributed by atoms with Gasteiger partial charge in [-0.25, -0.2) is 13.6 Å². The van der Waals surface area contributed by atoms with Crippen molar-refractivity contribution in [2.75, 3.05) is 44.1 Å². The molecule has 0 aliphatic carbocycles. The van der Waals surface area contributed by atoms with Crippen molar-refractivity contribution in [1.29, 1.82) is 0 Å². The summed E-state index contributed by atoms with van der Waals surface area (Å²) in [6.45, 7) is 1.13. The van der Waals surface area contributed by atoms with Crippen molar-refractivity contribution in [3.63, 3.8) is 0 Å². The van der Waals surface area contributed by atoms with E-state index in [1.165, 1.54) is 12.3 Å². The number of aromatic nitrogens is 1. The van der Waals surface area contributed by atoms with Gasteiger partial charge in [-0.3, -0.25) is 9.59 Å². The molecule has 0 radical (unpaired) electrons. The molecule has 1 atom stereocenters. The Morgan fingerprint density at radius 3 is 2.29 bits per heavy atom. The molecule has 1 aromatic heterocycles. The average molecular weight is 534 g/mol. The van der Waals surface area contributed by atoms with Gasteiger partial charge in [0, 0.05) is 34.5 Å². The summed E-state index contributed by atoms with van der Waals surface area (Å²) in [4.78, 5) is 32.2. The van der Waals surface area contributed by atoms with Crippen LogP contribution < -0.4 is 10.6 Å². The number of anilines is 2. The first-order valence-electron chi connectivity index (χ1n) is 10.5. The first-order valence-corrected chi connectivity index (χ1v) is 13.2. The summed E-state index contributed by atoms with van der Waals surface area (Å²) in [5.74, 6) is -0.644. The fourth-order valence-corrected chi connectivity index (χ4v) is 4.49. The monoisotopic (exact) mass is 533 g/mol. The minimum Gasteiger partial charge on any atom is -0.321 e. The van der Waals surface area contributed by atoms with Crippen LogP contribution >= 0.6 is 23.2 Å². The Morgan fingerprint density at radius 1 is 0.971 bits per heavy atom. The van der Waals surface area contributed by atoms with Crippen LogP contribution in [0.25, 0.3) is 0 Å². The zero-order valence-corrected chi connectivity index (χ0v) is 21.7. The largest absolute Gasteiger partial charge is 0.321 e. The van der Waals surface area contributed by atoms with E-state index in [1.54, 1.807) is 54.8 Å². The summed E-state index contributed by atoms with van der Waals surface area (Å²) in [5, 5.41) is 6.15. The fourth-order valence-electron chi connectivity index (χ4n) is 2.99. The first kappa shape index (κ1) is 26.6. The number of amides is 2. The number of pyridine rings is 1. The van der Waals surface area contributed by atoms with Crippen LogP contribution in [-0.2, 0) is 9.73 Å². The van der Waals surface area contributed by atoms with Gasteiger partial charge in [0.2, 0.25) is 0 Å². The zero-order valence-electron chi connectivity index (χ0n) is 19.4. The molecule has 0 saturated carbocycles. The van der Waals surface area contributed by atoms with Crippen molar-refractivity contribution >= 4 is 56.3 Å². The van der Waals surface area contributed by atoms with Crippen LogP contribution in [0.1, 0.15) is 20.7 Å². The molecule has 0 bridgehead atoms. The van der Waals surface area contributed by atoms with E-state index < -0.39 is 21.5 Å². The van der Waals surface area contributed by atoms with Gasteiger partial charge in [0.05, 0.1) is 32.5 Å². The molecular weight excluding hydrogens is 509 g/mol. The smallest absolute Gasteiger partial charge is 0.258 e. The minimum absolute atomic E-state index is 0.162. The maximum atomic E-state index is 12.9. The lowest BCUT2D eigenvalue weighted by Gasteiger charge is -2.12. The van der Waals surface area contributed by atoms with Crippen LogP contribution in [0.3, 0.4) is 0 Å². The summed E-state index contributed by atoms with van der Waals surface area (Å²) in [7, 11) is 1.27. The van der Waals surface area contributed by atoms with Gasteiger partial charge in [-0.05, 0) is 68.7 Å². The summed E-state index contributed by atoms with van der Waals surface area (Å²) < 4.78 is 17.2. The Bertz CT molecular complexity index is 1340. The fraction of sp³-hybridized carbons (Fsp3) is 0.208. The minimum atomic E-state index is -2.58. The molecule has 0 aliphatic heterocycles. The van der Waals surface area contributed by atoms with Gasteiger partial charge >= 0.3 is 0 Å². The zero-order chi connectivity index (χ0) is 25.6. The SMILES string of the molecule is CN(C)CCN=S(C)(=O)c1ccc(C(=O)Nc2ccc(Cl)cc2C(=O)Nc2ccc(Cl)cn2)cc1. The van der Waals surface area contributed by atoms with E-state index in [9.17, 15) is 13.8 Å². The highest BCUT2D eigenvalue weighted by Gasteiger charge is 2.17. The molecule has 1 unspecified atom stereocenters. The predicted molar refractivity (Wildman–Crippen MR) is 141 cm³/mol. The van der Waals surface area contributed by atoms with Gasteiger partial charge in [-0.15, -0.1) is 0 Å². The number of benzene rings is 2. The number of hydrogen-bond acceptors (Lipinski definition) is 6. The Hall–Kier alpha value is -2.98. The lowest BCUT2D eigenvalue weighted by molar-refractivity contribution is 0.102. The Kier molecular flexibility index (Phi) is 8.85. The number of rotatable bonds is 8. The summed E-state index contributed by atoms with van der Waals surface area (Å²) in [5.41, 5.74) is 0.765. The molecular formula is C24H25Cl2N5O3S. The number of carbonyl (C=O) groups is 2. The molecule has 3 rings (SSSR count). The van der Waals surface area contributed by atoms with E-state index in [-0.39, 0.29) is 11.3 Å². The van der Waals surface area contributed by atoms with Gasteiger partial charge in [0.25, 0.3) is 11.8 Å². The highest BCUT2D eigenvalue weighted by molar-refractivity contribution is 7.93. The summed E-state index contributed by atoms with van der Waals surface area (Å²) in [6.07, 6.45) is 2.98. The van der Waals surface area contributed by atoms with E-state index >= 15 is 0 Å². The Balaban J connectivity index is 1.77.